The van der Waals surface area contributed by atoms with E-state index >= 15 is 0 Å². The molecule has 0 saturated heterocycles. The number of nitrogens with two attached hydrogens (primary N) is 1. The van der Waals surface area contributed by atoms with Gasteiger partial charge in [0, 0.05) is 12.5 Å². The average Bonchev–Trinajstić information content (AvgIpc) is 2.75. The van der Waals surface area contributed by atoms with Gasteiger partial charge in [-0.15, -0.1) is 0 Å². The molecular weight excluding hydrogens is 450 g/mol. The highest BCUT2D eigenvalue weighted by Gasteiger charge is 2.36. The maximum absolute atomic E-state index is 13.7. The monoisotopic (exact) mass is 487 g/mol. The van der Waals surface area contributed by atoms with Crippen LogP contribution in [0, 0.1) is 11.3 Å². The number of amides is 4. The Morgan fingerprint density at radius 3 is 2.26 bits per heavy atom. The van der Waals surface area contributed by atoms with Crippen molar-refractivity contribution in [1.29, 1.82) is 5.26 Å². The number of primary amides is 1. The second-order valence-electron chi connectivity index (χ2n) is 9.34. The van der Waals surface area contributed by atoms with E-state index in [0.29, 0.717) is 5.56 Å². The van der Waals surface area contributed by atoms with Gasteiger partial charge in [0.2, 0.25) is 17.7 Å². The van der Waals surface area contributed by atoms with E-state index in [1.54, 1.807) is 51.1 Å². The first-order chi connectivity index (χ1) is 16.4. The lowest BCUT2D eigenvalue weighted by molar-refractivity contribution is -0.142. The second-order valence-corrected chi connectivity index (χ2v) is 9.34. The first-order valence-corrected chi connectivity index (χ1v) is 11.7. The van der Waals surface area contributed by atoms with Crippen LogP contribution in [0.2, 0.25) is 0 Å². The molecule has 0 heterocycles. The van der Waals surface area contributed by atoms with Crippen molar-refractivity contribution < 1.29 is 23.9 Å². The van der Waals surface area contributed by atoms with Gasteiger partial charge in [-0.3, -0.25) is 14.4 Å². The molecule has 0 bridgehead atoms. The van der Waals surface area contributed by atoms with Crippen LogP contribution in [0.3, 0.4) is 0 Å². The molecule has 192 valence electrons. The molecule has 3 unspecified atom stereocenters. The van der Waals surface area contributed by atoms with Crippen molar-refractivity contribution in [2.75, 3.05) is 6.54 Å². The zero-order chi connectivity index (χ0) is 26.6. The molecule has 0 aromatic heterocycles. The normalized spacial score (nSPS) is 13.5. The van der Waals surface area contributed by atoms with E-state index in [2.05, 4.69) is 10.6 Å². The fraction of sp³-hybridized carbons (Fsp3) is 0.560. The Balaban J connectivity index is 3.38. The number of nitriles is 1. The predicted octanol–water partition coefficient (Wildman–Crippen LogP) is 2.54. The van der Waals surface area contributed by atoms with E-state index in [-0.39, 0.29) is 18.9 Å². The summed E-state index contributed by atoms with van der Waals surface area (Å²) in [5.41, 5.74) is 4.95. The standard InChI is InChI=1S/C25H37N5O5/c1-6-10-17(2)28-22(32)21(18-11-8-7-9-12-18)30(16-15-26)23(33)19(13-14-20(27)31)29-24(34)35-25(3,4)5/h7-9,11-12,17,19,21H,6,10,13-14,16H2,1-5H3,(H2,27,31)(H,28,32)(H,29,34). The maximum atomic E-state index is 13.7. The minimum absolute atomic E-state index is 0.120. The van der Waals surface area contributed by atoms with Gasteiger partial charge in [-0.05, 0) is 46.1 Å². The fourth-order valence-corrected chi connectivity index (χ4v) is 3.50. The predicted molar refractivity (Wildman–Crippen MR) is 131 cm³/mol. The number of nitrogens with one attached hydrogen (secondary N) is 2. The molecular formula is C25H37N5O5. The van der Waals surface area contributed by atoms with Gasteiger partial charge >= 0.3 is 6.09 Å². The molecule has 35 heavy (non-hydrogen) atoms. The van der Waals surface area contributed by atoms with Gasteiger partial charge in [0.25, 0.3) is 0 Å². The highest BCUT2D eigenvalue weighted by molar-refractivity contribution is 5.92. The summed E-state index contributed by atoms with van der Waals surface area (Å²) in [6, 6.07) is 8.02. The van der Waals surface area contributed by atoms with Gasteiger partial charge in [0.05, 0.1) is 6.07 Å². The molecule has 1 aromatic carbocycles. The number of nitrogens with zero attached hydrogens (tertiary/aromatic N) is 2. The van der Waals surface area contributed by atoms with Crippen LogP contribution in [-0.2, 0) is 19.1 Å². The zero-order valence-corrected chi connectivity index (χ0v) is 21.2. The first kappa shape index (κ1) is 29.4. The van der Waals surface area contributed by atoms with Crippen molar-refractivity contribution >= 4 is 23.8 Å². The summed E-state index contributed by atoms with van der Waals surface area (Å²) in [5, 5.41) is 14.9. The van der Waals surface area contributed by atoms with Crippen molar-refractivity contribution in [2.24, 2.45) is 5.73 Å². The number of ether oxygens (including phenoxy) is 1. The summed E-state index contributed by atoms with van der Waals surface area (Å²) in [6.07, 6.45) is 0.413. The minimum Gasteiger partial charge on any atom is -0.444 e. The Bertz CT molecular complexity index is 907. The van der Waals surface area contributed by atoms with Gasteiger partial charge in [-0.1, -0.05) is 43.7 Å². The van der Waals surface area contributed by atoms with Crippen LogP contribution in [0.25, 0.3) is 0 Å². The molecule has 0 spiro atoms. The van der Waals surface area contributed by atoms with E-state index in [9.17, 15) is 24.4 Å². The highest BCUT2D eigenvalue weighted by atomic mass is 16.6. The molecule has 3 atom stereocenters. The third-order valence-electron chi connectivity index (χ3n) is 4.98. The lowest BCUT2D eigenvalue weighted by Crippen LogP contribution is -2.53. The number of alkyl carbamates (subject to hydrolysis) is 1. The molecule has 0 saturated carbocycles. The van der Waals surface area contributed by atoms with Gasteiger partial charge in [0.15, 0.2) is 0 Å². The number of benzene rings is 1. The highest BCUT2D eigenvalue weighted by Crippen LogP contribution is 2.23. The third kappa shape index (κ3) is 10.5. The molecule has 0 radical (unpaired) electrons. The van der Waals surface area contributed by atoms with Gasteiger partial charge in [-0.2, -0.15) is 5.26 Å². The third-order valence-corrected chi connectivity index (χ3v) is 4.98. The lowest BCUT2D eigenvalue weighted by Gasteiger charge is -2.33. The number of rotatable bonds is 12. The molecule has 0 aliphatic carbocycles. The van der Waals surface area contributed by atoms with Crippen LogP contribution in [0.5, 0.6) is 0 Å². The maximum Gasteiger partial charge on any atom is 0.408 e. The Labute approximate surface area is 207 Å². The molecule has 1 aromatic rings. The molecule has 1 rings (SSSR count). The summed E-state index contributed by atoms with van der Waals surface area (Å²) < 4.78 is 5.26. The molecule has 4 N–H and O–H groups in total. The molecule has 10 heteroatoms. The Morgan fingerprint density at radius 2 is 1.74 bits per heavy atom. The largest absolute Gasteiger partial charge is 0.444 e. The zero-order valence-electron chi connectivity index (χ0n) is 21.2. The molecule has 4 amide bonds. The first-order valence-electron chi connectivity index (χ1n) is 11.7. The van der Waals surface area contributed by atoms with Gasteiger partial charge in [-0.25, -0.2) is 4.79 Å². The van der Waals surface area contributed by atoms with Crippen molar-refractivity contribution in [3.8, 4) is 6.07 Å². The van der Waals surface area contributed by atoms with Crippen molar-refractivity contribution in [3.63, 3.8) is 0 Å². The van der Waals surface area contributed by atoms with Gasteiger partial charge < -0.3 is 26.0 Å². The van der Waals surface area contributed by atoms with E-state index in [1.807, 2.05) is 19.9 Å². The van der Waals surface area contributed by atoms with Crippen molar-refractivity contribution in [1.82, 2.24) is 15.5 Å². The summed E-state index contributed by atoms with van der Waals surface area (Å²) in [7, 11) is 0. The molecule has 0 aliphatic heterocycles. The van der Waals surface area contributed by atoms with Crippen molar-refractivity contribution in [3.05, 3.63) is 35.9 Å². The molecule has 0 aliphatic rings. The van der Waals surface area contributed by atoms with Crippen molar-refractivity contribution in [2.45, 2.75) is 84.0 Å². The molecule has 0 fully saturated rings. The topological polar surface area (TPSA) is 155 Å². The quantitative estimate of drug-likeness (QED) is 0.385. The van der Waals surface area contributed by atoms with Crippen LogP contribution in [0.4, 0.5) is 4.79 Å². The van der Waals surface area contributed by atoms with E-state index in [1.165, 1.54) is 0 Å². The lowest BCUT2D eigenvalue weighted by atomic mass is 10.0. The molecule has 10 nitrogen and oxygen atoms in total. The average molecular weight is 488 g/mol. The van der Waals surface area contributed by atoms with Crippen LogP contribution < -0.4 is 16.4 Å². The summed E-state index contributed by atoms with van der Waals surface area (Å²) in [4.78, 5) is 51.9. The van der Waals surface area contributed by atoms with Gasteiger partial charge in [0.1, 0.15) is 24.2 Å². The summed E-state index contributed by atoms with van der Waals surface area (Å²) >= 11 is 0. The Kier molecular flexibility index (Phi) is 11.7. The number of hydrogen-bond donors (Lipinski definition) is 3. The van der Waals surface area contributed by atoms with Crippen LogP contribution in [-0.4, -0.2) is 52.9 Å². The Hall–Kier alpha value is -3.61. The summed E-state index contributed by atoms with van der Waals surface area (Å²) in [6.45, 7) is 8.44. The number of carbonyl (C=O) groups excluding carboxylic acids is 4. The smallest absolute Gasteiger partial charge is 0.408 e. The van der Waals surface area contributed by atoms with Crippen LogP contribution >= 0.6 is 0 Å². The summed E-state index contributed by atoms with van der Waals surface area (Å²) in [5.74, 6) is -1.82. The Morgan fingerprint density at radius 1 is 1.11 bits per heavy atom. The van der Waals surface area contributed by atoms with E-state index in [4.69, 9.17) is 10.5 Å². The minimum atomic E-state index is -1.24. The van der Waals surface area contributed by atoms with Crippen LogP contribution in [0.15, 0.2) is 30.3 Å². The number of hydrogen-bond acceptors (Lipinski definition) is 6. The SMILES string of the molecule is CCCC(C)NC(=O)C(c1ccccc1)N(CC#N)C(=O)C(CCC(N)=O)NC(=O)OC(C)(C)C. The fourth-order valence-electron chi connectivity index (χ4n) is 3.50. The van der Waals surface area contributed by atoms with E-state index in [0.717, 1.165) is 17.7 Å². The number of carbonyl (C=O) groups is 4. The second kappa shape index (κ2) is 13.9. The van der Waals surface area contributed by atoms with E-state index < -0.39 is 48.0 Å². The van der Waals surface area contributed by atoms with Crippen LogP contribution in [0.1, 0.15) is 71.9 Å².